The molecule has 0 aliphatic rings. The lowest BCUT2D eigenvalue weighted by Gasteiger charge is -1.97. The Morgan fingerprint density at radius 1 is 0.564 bits per heavy atom. The van der Waals surface area contributed by atoms with Crippen molar-refractivity contribution in [2.75, 3.05) is 0 Å². The molecule has 6 aromatic heterocycles. The summed E-state index contributed by atoms with van der Waals surface area (Å²) < 4.78 is 50.4. The first kappa shape index (κ1) is 19.5. The van der Waals surface area contributed by atoms with Crippen LogP contribution in [0.2, 0.25) is 0 Å². The average molecular weight is 547 g/mol. The van der Waals surface area contributed by atoms with Gasteiger partial charge in [-0.05, 0) is 0 Å². The van der Waals surface area contributed by atoms with Gasteiger partial charge in [-0.25, -0.2) is 29.3 Å². The van der Waals surface area contributed by atoms with E-state index in [9.17, 15) is 28.8 Å². The molecule has 0 aliphatic carbocycles. The molecule has 0 amide bonds. The smallest absolute Gasteiger partial charge is 0.328 e. The Labute approximate surface area is 223 Å². The summed E-state index contributed by atoms with van der Waals surface area (Å²) in [5.74, 6) is 0. The number of nitrogens with zero attached hydrogens (tertiary/aromatic N) is 9. The minimum Gasteiger partial charge on any atom is -0.328 e. The van der Waals surface area contributed by atoms with Gasteiger partial charge in [0.2, 0.25) is 0 Å². The Bertz CT molecular complexity index is 2390. The number of fused-ring (bicyclic) bond motifs is 3. The van der Waals surface area contributed by atoms with Crippen LogP contribution in [0, 0.1) is 0 Å². The van der Waals surface area contributed by atoms with E-state index < -0.39 is 40.7 Å². The van der Waals surface area contributed by atoms with E-state index in [1.807, 2.05) is 4.98 Å². The molecule has 0 radical (unpaired) electrons. The fourth-order valence-electron chi connectivity index (χ4n) is 3.49. The number of hydrogen-bond acceptors (Lipinski definition) is 9. The fourth-order valence-corrected chi connectivity index (χ4v) is 3.49. The summed E-state index contributed by atoms with van der Waals surface area (Å²) in [6, 6.07) is 0. The van der Waals surface area contributed by atoms with Crippen LogP contribution >= 0.6 is 0 Å². The van der Waals surface area contributed by atoms with Crippen LogP contribution in [0.15, 0.2) is 47.7 Å². The highest BCUT2D eigenvalue weighted by Gasteiger charge is 2.10. The molecule has 0 bridgehead atoms. The van der Waals surface area contributed by atoms with Gasteiger partial charge in [0.05, 0.1) is 18.9 Å². The number of imidazole rings is 3. The van der Waals surface area contributed by atoms with E-state index in [0.717, 1.165) is 4.57 Å². The minimum absolute atomic E-state index is 0.0494. The molecule has 0 saturated heterocycles. The van der Waals surface area contributed by atoms with Gasteiger partial charge in [-0.15, -0.1) is 0 Å². The molecule has 6 rings (SSSR count). The van der Waals surface area contributed by atoms with Crippen molar-refractivity contribution in [3.05, 3.63) is 81.4 Å². The van der Waals surface area contributed by atoms with E-state index in [4.69, 9.17) is 8.22 Å². The van der Waals surface area contributed by atoms with Gasteiger partial charge in [0, 0.05) is 46.3 Å². The molecule has 3 N–H and O–H groups in total. The Hall–Kier alpha value is -5.55. The first-order valence-corrected chi connectivity index (χ1v) is 10.7. The number of nitrogens with one attached hydrogen (secondary N) is 3. The SMILES string of the molecule is [2H]c1nc2c(c(=O)[nH]c(=O)n2C([2H])([2H])[2H])n1C.[2H]c1nc2c(c(=O)[nH]c(=O)n2C)n1C.[2H]c1nc2c(c(=O)[nH]c(=O)n2C)n1C. The number of aromatic amines is 3. The predicted molar refractivity (Wildman–Crippen MR) is 140 cm³/mol. The van der Waals surface area contributed by atoms with Gasteiger partial charge >= 0.3 is 17.1 Å². The topological polar surface area (TPSA) is 218 Å². The maximum absolute atomic E-state index is 11.5. The molecule has 18 nitrogen and oxygen atoms in total. The second kappa shape index (κ2) is 9.72. The van der Waals surface area contributed by atoms with Gasteiger partial charge in [0.15, 0.2) is 33.5 Å². The van der Waals surface area contributed by atoms with Crippen molar-refractivity contribution in [2.24, 2.45) is 42.2 Å². The van der Waals surface area contributed by atoms with Gasteiger partial charge in [-0.2, -0.15) is 0 Å². The summed E-state index contributed by atoms with van der Waals surface area (Å²) in [4.78, 5) is 85.5. The summed E-state index contributed by atoms with van der Waals surface area (Å²) in [5.41, 5.74) is -3.43. The molecule has 39 heavy (non-hydrogen) atoms. The zero-order valence-corrected chi connectivity index (χ0v) is 21.0. The van der Waals surface area contributed by atoms with Crippen molar-refractivity contribution < 1.29 is 8.22 Å². The molecular weight excluding hydrogens is 516 g/mol. The number of aromatic nitrogens is 12. The Morgan fingerprint density at radius 3 is 1.15 bits per heavy atom. The van der Waals surface area contributed by atoms with Crippen LogP contribution in [-0.2, 0) is 42.2 Å². The molecule has 0 fully saturated rings. The summed E-state index contributed by atoms with van der Waals surface area (Å²) in [5, 5.41) is 0. The van der Waals surface area contributed by atoms with E-state index in [1.165, 1.54) is 39.4 Å². The average Bonchev–Trinajstić information content (AvgIpc) is 3.51. The number of H-pyrrole nitrogens is 3. The van der Waals surface area contributed by atoms with Crippen LogP contribution < -0.4 is 33.7 Å². The molecule has 0 aliphatic heterocycles. The summed E-state index contributed by atoms with van der Waals surface area (Å²) in [7, 11) is 7.48. The van der Waals surface area contributed by atoms with Gasteiger partial charge in [-0.3, -0.25) is 43.0 Å². The van der Waals surface area contributed by atoms with Crippen molar-refractivity contribution in [3.8, 4) is 0 Å². The lowest BCUT2D eigenvalue weighted by Crippen LogP contribution is -2.28. The lowest BCUT2D eigenvalue weighted by atomic mass is 10.5. The number of hydrogen-bond donors (Lipinski definition) is 3. The minimum atomic E-state index is -2.76. The van der Waals surface area contributed by atoms with Gasteiger partial charge < -0.3 is 13.7 Å². The summed E-state index contributed by atoms with van der Waals surface area (Å²) >= 11 is 0. The second-order valence-electron chi connectivity index (χ2n) is 8.06. The third-order valence-electron chi connectivity index (χ3n) is 5.53. The van der Waals surface area contributed by atoms with Gasteiger partial charge in [-0.1, -0.05) is 0 Å². The van der Waals surface area contributed by atoms with Crippen molar-refractivity contribution in [1.82, 2.24) is 57.3 Å². The first-order chi connectivity index (χ1) is 20.8. The predicted octanol–water partition coefficient (Wildman–Crippen LogP) is -3.12. The van der Waals surface area contributed by atoms with Crippen molar-refractivity contribution in [2.45, 2.75) is 0 Å². The van der Waals surface area contributed by atoms with Crippen molar-refractivity contribution in [3.63, 3.8) is 0 Å². The van der Waals surface area contributed by atoms with Crippen LogP contribution in [0.3, 0.4) is 0 Å². The van der Waals surface area contributed by atoms with E-state index in [-0.39, 0.29) is 52.4 Å². The molecule has 204 valence electrons. The van der Waals surface area contributed by atoms with Crippen LogP contribution in [0.5, 0.6) is 0 Å². The lowest BCUT2D eigenvalue weighted by molar-refractivity contribution is 0.829. The van der Waals surface area contributed by atoms with Crippen molar-refractivity contribution >= 4 is 33.5 Å². The molecule has 0 spiro atoms. The Kier molecular flexibility index (Phi) is 4.87. The monoisotopic (exact) mass is 546 g/mol. The Morgan fingerprint density at radius 2 is 0.846 bits per heavy atom. The molecule has 0 saturated carbocycles. The van der Waals surface area contributed by atoms with Gasteiger partial charge in [0.25, 0.3) is 16.7 Å². The standard InChI is InChI=1S/3C7H8N4O2/c3*1-10-3-8-5-4(10)6(12)9-7(13)11(5)2/h3*3H,1-2H3,(H,9,12,13)/i2D3,3D;2*3D. The van der Waals surface area contributed by atoms with E-state index in [2.05, 4.69) is 24.9 Å². The Balaban J connectivity index is 0.000000155. The highest BCUT2D eigenvalue weighted by Crippen LogP contribution is 2.02. The summed E-state index contributed by atoms with van der Waals surface area (Å²) in [6.07, 6.45) is -0.396. The second-order valence-corrected chi connectivity index (χ2v) is 8.06. The molecule has 0 unspecified atom stereocenters. The molecule has 6 aromatic rings. The normalized spacial score (nSPS) is 13.5. The van der Waals surface area contributed by atoms with E-state index in [0.29, 0.717) is 4.57 Å². The first-order valence-electron chi connectivity index (χ1n) is 13.7. The zero-order chi connectivity index (χ0) is 33.9. The zero-order valence-electron chi connectivity index (χ0n) is 27.0. The fraction of sp³-hybridized carbons (Fsp3) is 0.286. The molecule has 6 heterocycles. The third-order valence-corrected chi connectivity index (χ3v) is 5.53. The van der Waals surface area contributed by atoms with Crippen LogP contribution in [0.25, 0.3) is 33.5 Å². The molecule has 18 heteroatoms. The molecule has 0 aromatic carbocycles. The number of aryl methyl sites for hydroxylation is 6. The van der Waals surface area contributed by atoms with Crippen LogP contribution in [0.1, 0.15) is 8.22 Å². The third kappa shape index (κ3) is 4.54. The van der Waals surface area contributed by atoms with Crippen LogP contribution in [-0.4, -0.2) is 57.3 Å². The van der Waals surface area contributed by atoms with Crippen molar-refractivity contribution in [1.29, 1.82) is 0 Å². The number of rotatable bonds is 0. The van der Waals surface area contributed by atoms with E-state index >= 15 is 0 Å². The highest BCUT2D eigenvalue weighted by molar-refractivity contribution is 5.70. The van der Waals surface area contributed by atoms with E-state index in [1.54, 1.807) is 14.1 Å². The molecule has 0 atom stereocenters. The van der Waals surface area contributed by atoms with Crippen LogP contribution in [0.4, 0.5) is 0 Å². The summed E-state index contributed by atoms with van der Waals surface area (Å²) in [6.45, 7) is -2.76. The highest BCUT2D eigenvalue weighted by atomic mass is 16.2. The maximum atomic E-state index is 11.5. The largest absolute Gasteiger partial charge is 0.329 e. The maximum Gasteiger partial charge on any atom is 0.329 e. The molecular formula is C21H24N12O6. The van der Waals surface area contributed by atoms with Gasteiger partial charge in [0.1, 0.15) is 4.11 Å². The quantitative estimate of drug-likeness (QED) is 0.175.